The summed E-state index contributed by atoms with van der Waals surface area (Å²) in [6.07, 6.45) is 3.95. The van der Waals surface area contributed by atoms with E-state index in [1.165, 1.54) is 4.68 Å². The maximum atomic E-state index is 12.0. The van der Waals surface area contributed by atoms with Gasteiger partial charge in [-0.05, 0) is 19.8 Å². The van der Waals surface area contributed by atoms with Gasteiger partial charge in [0.15, 0.2) is 0 Å². The molecule has 0 radical (unpaired) electrons. The second-order valence-electron chi connectivity index (χ2n) is 5.19. The molecule has 0 bridgehead atoms. The van der Waals surface area contributed by atoms with Gasteiger partial charge in [-0.25, -0.2) is 4.68 Å². The van der Waals surface area contributed by atoms with Gasteiger partial charge in [0.05, 0.1) is 36.5 Å². The SMILES string of the molecule is COC1CCN(c2cnn(CC(C)C#N)c(=O)c2)CC1. The van der Waals surface area contributed by atoms with Gasteiger partial charge in [-0.15, -0.1) is 0 Å². The standard InChI is InChI=1S/C14H20N4O2/c1-11(8-15)10-18-14(19)7-12(9-16-18)17-5-3-13(20-2)4-6-17/h7,9,11,13H,3-6,10H2,1-2H3. The summed E-state index contributed by atoms with van der Waals surface area (Å²) in [6.45, 7) is 3.86. The number of aromatic nitrogens is 2. The van der Waals surface area contributed by atoms with E-state index in [1.807, 2.05) is 0 Å². The Morgan fingerprint density at radius 2 is 2.25 bits per heavy atom. The number of nitrogens with zero attached hydrogens (tertiary/aromatic N) is 4. The lowest BCUT2D eigenvalue weighted by Crippen LogP contribution is -2.37. The highest BCUT2D eigenvalue weighted by Crippen LogP contribution is 2.18. The minimum Gasteiger partial charge on any atom is -0.381 e. The molecule has 1 aliphatic rings. The first-order valence-electron chi connectivity index (χ1n) is 6.88. The average molecular weight is 276 g/mol. The van der Waals surface area contributed by atoms with Crippen LogP contribution in [-0.4, -0.2) is 36.1 Å². The Hall–Kier alpha value is -1.87. The van der Waals surface area contributed by atoms with Crippen LogP contribution in [0.5, 0.6) is 0 Å². The monoisotopic (exact) mass is 276 g/mol. The third-order valence-electron chi connectivity index (χ3n) is 3.66. The molecule has 2 rings (SSSR count). The molecule has 1 aromatic heterocycles. The predicted octanol–water partition coefficient (Wildman–Crippen LogP) is 1.02. The van der Waals surface area contributed by atoms with E-state index in [4.69, 9.17) is 10.00 Å². The summed E-state index contributed by atoms with van der Waals surface area (Å²) >= 11 is 0. The zero-order chi connectivity index (χ0) is 14.5. The largest absolute Gasteiger partial charge is 0.381 e. The molecule has 2 heterocycles. The quantitative estimate of drug-likeness (QED) is 0.821. The first-order chi connectivity index (χ1) is 9.63. The topological polar surface area (TPSA) is 71.2 Å². The average Bonchev–Trinajstić information content (AvgIpc) is 2.49. The summed E-state index contributed by atoms with van der Waals surface area (Å²) in [5.41, 5.74) is 0.698. The molecule has 1 atom stereocenters. The summed E-state index contributed by atoms with van der Waals surface area (Å²) in [7, 11) is 1.74. The van der Waals surface area contributed by atoms with Gasteiger partial charge in [0.1, 0.15) is 0 Å². The lowest BCUT2D eigenvalue weighted by molar-refractivity contribution is 0.0819. The van der Waals surface area contributed by atoms with E-state index >= 15 is 0 Å². The fraction of sp³-hybridized carbons (Fsp3) is 0.643. The Morgan fingerprint density at radius 1 is 1.55 bits per heavy atom. The molecule has 0 amide bonds. The van der Waals surface area contributed by atoms with Gasteiger partial charge in [0, 0.05) is 26.3 Å². The molecule has 1 fully saturated rings. The Labute approximate surface area is 118 Å². The van der Waals surface area contributed by atoms with Crippen molar-refractivity contribution in [3.8, 4) is 6.07 Å². The van der Waals surface area contributed by atoms with Crippen LogP contribution in [0.2, 0.25) is 0 Å². The van der Waals surface area contributed by atoms with Gasteiger partial charge >= 0.3 is 0 Å². The molecule has 0 aliphatic carbocycles. The Morgan fingerprint density at radius 3 is 2.80 bits per heavy atom. The van der Waals surface area contributed by atoms with Crippen LogP contribution >= 0.6 is 0 Å². The van der Waals surface area contributed by atoms with Crippen LogP contribution in [-0.2, 0) is 11.3 Å². The van der Waals surface area contributed by atoms with Gasteiger partial charge in [0.2, 0.25) is 0 Å². The number of nitriles is 1. The molecule has 20 heavy (non-hydrogen) atoms. The van der Waals surface area contributed by atoms with Crippen LogP contribution in [0.1, 0.15) is 19.8 Å². The summed E-state index contributed by atoms with van der Waals surface area (Å²) in [5, 5.41) is 12.9. The van der Waals surface area contributed by atoms with Crippen LogP contribution in [0.4, 0.5) is 5.69 Å². The van der Waals surface area contributed by atoms with E-state index in [9.17, 15) is 4.79 Å². The first kappa shape index (κ1) is 14.5. The van der Waals surface area contributed by atoms with Gasteiger partial charge in [0.25, 0.3) is 5.56 Å². The van der Waals surface area contributed by atoms with Crippen molar-refractivity contribution >= 4 is 5.69 Å². The molecule has 1 aromatic rings. The van der Waals surface area contributed by atoms with Crippen molar-refractivity contribution in [3.63, 3.8) is 0 Å². The molecule has 0 aromatic carbocycles. The van der Waals surface area contributed by atoms with Gasteiger partial charge in [-0.3, -0.25) is 4.79 Å². The zero-order valence-electron chi connectivity index (χ0n) is 12.0. The molecule has 6 heteroatoms. The fourth-order valence-electron chi connectivity index (χ4n) is 2.38. The van der Waals surface area contributed by atoms with E-state index in [1.54, 1.807) is 26.3 Å². The van der Waals surface area contributed by atoms with Gasteiger partial charge in [-0.2, -0.15) is 10.4 Å². The summed E-state index contributed by atoms with van der Waals surface area (Å²) in [4.78, 5) is 14.1. The normalized spacial score (nSPS) is 17.8. The van der Waals surface area contributed by atoms with Crippen molar-refractivity contribution in [1.29, 1.82) is 5.26 Å². The Balaban J connectivity index is 2.06. The lowest BCUT2D eigenvalue weighted by atomic mass is 10.1. The number of methoxy groups -OCH3 is 1. The molecule has 0 N–H and O–H groups in total. The van der Waals surface area contributed by atoms with E-state index in [0.717, 1.165) is 31.6 Å². The van der Waals surface area contributed by atoms with Crippen LogP contribution in [0, 0.1) is 17.2 Å². The smallest absolute Gasteiger partial charge is 0.268 e. The highest BCUT2D eigenvalue weighted by molar-refractivity contribution is 5.43. The third-order valence-corrected chi connectivity index (χ3v) is 3.66. The maximum absolute atomic E-state index is 12.0. The third kappa shape index (κ3) is 3.36. The summed E-state index contributed by atoms with van der Waals surface area (Å²) < 4.78 is 6.68. The van der Waals surface area contributed by atoms with Crippen LogP contribution in [0.3, 0.4) is 0 Å². The molecule has 0 saturated carbocycles. The van der Waals surface area contributed by atoms with E-state index < -0.39 is 0 Å². The number of hydrogen-bond acceptors (Lipinski definition) is 5. The van der Waals surface area contributed by atoms with Crippen molar-refractivity contribution in [1.82, 2.24) is 9.78 Å². The second-order valence-corrected chi connectivity index (χ2v) is 5.19. The number of hydrogen-bond donors (Lipinski definition) is 0. The van der Waals surface area contributed by atoms with Crippen molar-refractivity contribution in [2.24, 2.45) is 5.92 Å². The van der Waals surface area contributed by atoms with Crippen LogP contribution in [0.15, 0.2) is 17.1 Å². The Kier molecular flexibility index (Phi) is 4.74. The number of rotatable bonds is 4. The molecule has 1 unspecified atom stereocenters. The van der Waals surface area contributed by atoms with Crippen molar-refractivity contribution in [2.45, 2.75) is 32.4 Å². The predicted molar refractivity (Wildman–Crippen MR) is 75.5 cm³/mol. The van der Waals surface area contributed by atoms with Crippen molar-refractivity contribution < 1.29 is 4.74 Å². The first-order valence-corrected chi connectivity index (χ1v) is 6.88. The zero-order valence-corrected chi connectivity index (χ0v) is 12.0. The highest BCUT2D eigenvalue weighted by atomic mass is 16.5. The lowest BCUT2D eigenvalue weighted by Gasteiger charge is -2.32. The van der Waals surface area contributed by atoms with E-state index in [0.29, 0.717) is 12.6 Å². The maximum Gasteiger partial charge on any atom is 0.268 e. The van der Waals surface area contributed by atoms with Crippen molar-refractivity contribution in [2.75, 3.05) is 25.1 Å². The molecule has 0 spiro atoms. The number of ether oxygens (including phenoxy) is 1. The van der Waals surface area contributed by atoms with Crippen LogP contribution in [0.25, 0.3) is 0 Å². The van der Waals surface area contributed by atoms with E-state index in [-0.39, 0.29) is 11.5 Å². The van der Waals surface area contributed by atoms with E-state index in [2.05, 4.69) is 16.1 Å². The summed E-state index contributed by atoms with van der Waals surface area (Å²) in [5.74, 6) is -0.219. The molecule has 1 aliphatic heterocycles. The van der Waals surface area contributed by atoms with Gasteiger partial charge in [-0.1, -0.05) is 0 Å². The van der Waals surface area contributed by atoms with Crippen molar-refractivity contribution in [3.05, 3.63) is 22.6 Å². The molecule has 108 valence electrons. The molecular formula is C14H20N4O2. The second kappa shape index (κ2) is 6.53. The highest BCUT2D eigenvalue weighted by Gasteiger charge is 2.19. The minimum absolute atomic E-state index is 0.154. The summed E-state index contributed by atoms with van der Waals surface area (Å²) in [6, 6.07) is 3.71. The fourth-order valence-corrected chi connectivity index (χ4v) is 2.38. The Bertz CT molecular complexity index is 541. The molecule has 6 nitrogen and oxygen atoms in total. The molecular weight excluding hydrogens is 256 g/mol. The van der Waals surface area contributed by atoms with Crippen LogP contribution < -0.4 is 10.5 Å². The van der Waals surface area contributed by atoms with Gasteiger partial charge < -0.3 is 9.64 Å². The minimum atomic E-state index is -0.219. The number of anilines is 1. The number of piperidine rings is 1. The molecule has 1 saturated heterocycles.